The number of para-hydroxylation sites is 1. The minimum absolute atomic E-state index is 0.00675. The highest BCUT2D eigenvalue weighted by Gasteiger charge is 2.31. The molecule has 17 heteroatoms. The molecule has 3 aromatic rings. The van der Waals surface area contributed by atoms with Gasteiger partial charge in [0, 0.05) is 70.4 Å². The van der Waals surface area contributed by atoms with E-state index in [2.05, 4.69) is 19.9 Å². The normalized spacial score (nSPS) is 19.4. The van der Waals surface area contributed by atoms with Crippen LogP contribution in [-0.4, -0.2) is 139 Å². The van der Waals surface area contributed by atoms with Gasteiger partial charge in [-0.15, -0.1) is 0 Å². The van der Waals surface area contributed by atoms with E-state index in [9.17, 15) is 17.2 Å². The van der Waals surface area contributed by atoms with Gasteiger partial charge in [-0.25, -0.2) is 22.2 Å². The molecule has 0 bridgehead atoms. The first-order valence-corrected chi connectivity index (χ1v) is 17.1. The average molecular weight is 640 g/mol. The van der Waals surface area contributed by atoms with Crippen LogP contribution in [0.25, 0.3) is 17.0 Å². The van der Waals surface area contributed by atoms with Crippen molar-refractivity contribution >= 4 is 44.7 Å². The average Bonchev–Trinajstić information content (AvgIpc) is 3.45. The second kappa shape index (κ2) is 13.0. The monoisotopic (exact) mass is 639 g/mol. The molecule has 0 aliphatic carbocycles. The molecule has 3 fully saturated rings. The van der Waals surface area contributed by atoms with Crippen LogP contribution in [0.1, 0.15) is 12.2 Å². The predicted molar refractivity (Wildman–Crippen MR) is 160 cm³/mol. The van der Waals surface area contributed by atoms with Gasteiger partial charge in [0.05, 0.1) is 31.6 Å². The van der Waals surface area contributed by atoms with Crippen LogP contribution in [0.5, 0.6) is 5.75 Å². The van der Waals surface area contributed by atoms with Gasteiger partial charge in [0.15, 0.2) is 5.82 Å². The van der Waals surface area contributed by atoms with Crippen LogP contribution in [0, 0.1) is 0 Å². The Morgan fingerprint density at radius 3 is 2.21 bits per heavy atom. The standard InChI is InChI=1S/C26H35F2N9O4S2/c1-40-20-4-2-3-19-21(20)29-23(22(27)28)37(19)26-31-24(30-25(32-26)35-9-14-41-15-10-35)34-5-7-36(8-6-34)43(38,39)18-13-33-11-16-42-17-12-33/h2-4,22H,5-18H2,1H3. The van der Waals surface area contributed by atoms with Gasteiger partial charge in [-0.1, -0.05) is 6.07 Å². The fraction of sp³-hybridized carbons (Fsp3) is 0.615. The van der Waals surface area contributed by atoms with Crippen LogP contribution < -0.4 is 14.5 Å². The molecule has 1 aromatic carbocycles. The molecule has 0 radical (unpaired) electrons. The Bertz CT molecular complexity index is 1520. The number of alkyl halides is 2. The molecular weight excluding hydrogens is 604 g/mol. The van der Waals surface area contributed by atoms with Crippen molar-refractivity contribution in [3.8, 4) is 11.7 Å². The fourth-order valence-corrected chi connectivity index (χ4v) is 7.91. The van der Waals surface area contributed by atoms with Gasteiger partial charge in [0.25, 0.3) is 6.43 Å². The third-order valence-corrected chi connectivity index (χ3v) is 10.7. The van der Waals surface area contributed by atoms with Crippen LogP contribution in [0.3, 0.4) is 0 Å². The number of piperazine rings is 1. The van der Waals surface area contributed by atoms with E-state index >= 15 is 0 Å². The van der Waals surface area contributed by atoms with Crippen molar-refractivity contribution in [3.05, 3.63) is 24.0 Å². The van der Waals surface area contributed by atoms with Crippen molar-refractivity contribution < 1.29 is 26.7 Å². The number of sulfonamides is 1. The molecule has 6 rings (SSSR count). The Balaban J connectivity index is 1.29. The zero-order valence-electron chi connectivity index (χ0n) is 23.9. The Hall–Kier alpha value is -2.86. The molecule has 0 atom stereocenters. The Morgan fingerprint density at radius 2 is 1.56 bits per heavy atom. The molecule has 5 heterocycles. The Morgan fingerprint density at radius 1 is 0.907 bits per heavy atom. The number of methoxy groups -OCH3 is 1. The number of thioether (sulfide) groups is 1. The molecule has 2 aromatic heterocycles. The molecule has 234 valence electrons. The quantitative estimate of drug-likeness (QED) is 0.337. The summed E-state index contributed by atoms with van der Waals surface area (Å²) in [5.74, 6) is 2.63. The molecule has 0 N–H and O–H groups in total. The molecule has 0 spiro atoms. The number of benzene rings is 1. The lowest BCUT2D eigenvalue weighted by atomic mass is 10.3. The number of hydrogen-bond donors (Lipinski definition) is 0. The predicted octanol–water partition coefficient (Wildman–Crippen LogP) is 1.49. The first kappa shape index (κ1) is 30.2. The second-order valence-electron chi connectivity index (χ2n) is 10.4. The number of nitrogens with zero attached hydrogens (tertiary/aromatic N) is 9. The molecule has 0 unspecified atom stereocenters. The van der Waals surface area contributed by atoms with Gasteiger partial charge in [-0.2, -0.15) is 31.0 Å². The topological polar surface area (TPSA) is 122 Å². The minimum Gasteiger partial charge on any atom is -0.494 e. The number of imidazole rings is 1. The smallest absolute Gasteiger partial charge is 0.296 e. The Kier molecular flexibility index (Phi) is 9.13. The number of ether oxygens (including phenoxy) is 2. The van der Waals surface area contributed by atoms with E-state index in [1.165, 1.54) is 16.0 Å². The lowest BCUT2D eigenvalue weighted by molar-refractivity contribution is 0.122. The fourth-order valence-electron chi connectivity index (χ4n) is 5.47. The number of anilines is 2. The second-order valence-corrected chi connectivity index (χ2v) is 13.7. The summed E-state index contributed by atoms with van der Waals surface area (Å²) in [7, 11) is -1.97. The van der Waals surface area contributed by atoms with E-state index in [0.717, 1.165) is 24.6 Å². The van der Waals surface area contributed by atoms with Crippen molar-refractivity contribution in [2.24, 2.45) is 0 Å². The van der Waals surface area contributed by atoms with Gasteiger partial charge in [-0.05, 0) is 12.1 Å². The molecule has 0 saturated carbocycles. The van der Waals surface area contributed by atoms with Crippen molar-refractivity contribution in [3.63, 3.8) is 0 Å². The van der Waals surface area contributed by atoms with Crippen molar-refractivity contribution in [1.82, 2.24) is 33.7 Å². The number of morpholine rings is 1. The molecular formula is C26H35F2N9O4S2. The van der Waals surface area contributed by atoms with E-state index in [-0.39, 0.29) is 30.3 Å². The van der Waals surface area contributed by atoms with Crippen LogP contribution in [0.2, 0.25) is 0 Å². The summed E-state index contributed by atoms with van der Waals surface area (Å²) >= 11 is 1.89. The maximum atomic E-state index is 14.3. The number of hydrogen-bond acceptors (Lipinski definition) is 12. The van der Waals surface area contributed by atoms with Gasteiger partial charge in [0.2, 0.25) is 27.9 Å². The summed E-state index contributed by atoms with van der Waals surface area (Å²) in [5.41, 5.74) is 0.653. The maximum absolute atomic E-state index is 14.3. The first-order chi connectivity index (χ1) is 20.8. The van der Waals surface area contributed by atoms with Gasteiger partial charge >= 0.3 is 0 Å². The van der Waals surface area contributed by atoms with Crippen LogP contribution in [0.15, 0.2) is 18.2 Å². The van der Waals surface area contributed by atoms with Gasteiger partial charge in [0.1, 0.15) is 11.3 Å². The maximum Gasteiger partial charge on any atom is 0.296 e. The van der Waals surface area contributed by atoms with Crippen LogP contribution >= 0.6 is 11.8 Å². The summed E-state index contributed by atoms with van der Waals surface area (Å²) in [6, 6.07) is 5.02. The SMILES string of the molecule is COc1cccc2c1nc(C(F)F)n2-c1nc(N2CCOCC2)nc(N2CCN(S(=O)(=O)CCN3CCSCC3)CC2)n1. The number of rotatable bonds is 9. The van der Waals surface area contributed by atoms with Crippen molar-refractivity contribution in [2.75, 3.05) is 106 Å². The zero-order valence-corrected chi connectivity index (χ0v) is 25.6. The highest BCUT2D eigenvalue weighted by Crippen LogP contribution is 2.32. The van der Waals surface area contributed by atoms with E-state index in [4.69, 9.17) is 14.5 Å². The number of halogens is 2. The number of fused-ring (bicyclic) bond motifs is 1. The van der Waals surface area contributed by atoms with Crippen LogP contribution in [0.4, 0.5) is 20.7 Å². The molecule has 13 nitrogen and oxygen atoms in total. The third-order valence-electron chi connectivity index (χ3n) is 7.87. The summed E-state index contributed by atoms with van der Waals surface area (Å²) in [6.45, 7) is 5.64. The minimum atomic E-state index is -3.43. The van der Waals surface area contributed by atoms with E-state index in [1.807, 2.05) is 21.6 Å². The zero-order chi connectivity index (χ0) is 30.0. The van der Waals surface area contributed by atoms with Crippen molar-refractivity contribution in [1.29, 1.82) is 0 Å². The van der Waals surface area contributed by atoms with Gasteiger partial charge < -0.3 is 24.2 Å². The molecule has 3 aliphatic rings. The van der Waals surface area contributed by atoms with Crippen molar-refractivity contribution in [2.45, 2.75) is 6.43 Å². The highest BCUT2D eigenvalue weighted by atomic mass is 32.2. The first-order valence-electron chi connectivity index (χ1n) is 14.3. The van der Waals surface area contributed by atoms with E-state index < -0.39 is 22.3 Å². The summed E-state index contributed by atoms with van der Waals surface area (Å²) in [6.07, 6.45) is -2.90. The summed E-state index contributed by atoms with van der Waals surface area (Å²) < 4.78 is 68.6. The van der Waals surface area contributed by atoms with E-state index in [1.54, 1.807) is 18.2 Å². The lowest BCUT2D eigenvalue weighted by Gasteiger charge is -2.35. The Labute approximate surface area is 253 Å². The van der Waals surface area contributed by atoms with E-state index in [0.29, 0.717) is 69.1 Å². The molecule has 3 aliphatic heterocycles. The summed E-state index contributed by atoms with van der Waals surface area (Å²) in [4.78, 5) is 24.2. The summed E-state index contributed by atoms with van der Waals surface area (Å²) in [5, 5.41) is 0. The van der Waals surface area contributed by atoms with Gasteiger partial charge in [-0.3, -0.25) is 4.57 Å². The van der Waals surface area contributed by atoms with Crippen LogP contribution in [-0.2, 0) is 14.8 Å². The number of aromatic nitrogens is 5. The molecule has 3 saturated heterocycles. The highest BCUT2D eigenvalue weighted by molar-refractivity contribution is 7.99. The lowest BCUT2D eigenvalue weighted by Crippen LogP contribution is -2.51. The third kappa shape index (κ3) is 6.50. The molecule has 0 amide bonds. The largest absolute Gasteiger partial charge is 0.494 e. The molecule has 43 heavy (non-hydrogen) atoms.